The summed E-state index contributed by atoms with van der Waals surface area (Å²) in [5.41, 5.74) is 0.559. The summed E-state index contributed by atoms with van der Waals surface area (Å²) in [6.07, 6.45) is -0.969. The second kappa shape index (κ2) is 9.68. The predicted octanol–water partition coefficient (Wildman–Crippen LogP) is 3.69. The summed E-state index contributed by atoms with van der Waals surface area (Å²) in [5.74, 6) is -0.133. The fraction of sp³-hybridized carbons (Fsp3) is 0.263. The molecule has 0 bridgehead atoms. The summed E-state index contributed by atoms with van der Waals surface area (Å²) in [5, 5.41) is 3.20. The van der Waals surface area contributed by atoms with Crippen molar-refractivity contribution in [3.8, 4) is 11.5 Å². The number of halogens is 1. The van der Waals surface area contributed by atoms with Gasteiger partial charge in [0.2, 0.25) is 0 Å². The van der Waals surface area contributed by atoms with E-state index in [0.29, 0.717) is 28.8 Å². The molecule has 1 N–H and O–H groups in total. The molecular formula is C19H20ClNO5. The summed E-state index contributed by atoms with van der Waals surface area (Å²) >= 11 is 5.79. The molecule has 0 unspecified atom stereocenters. The highest BCUT2D eigenvalue weighted by Crippen LogP contribution is 2.26. The van der Waals surface area contributed by atoms with Crippen LogP contribution in [0.15, 0.2) is 48.5 Å². The number of ether oxygens (including phenoxy) is 3. The third-order valence-corrected chi connectivity index (χ3v) is 3.54. The first-order valence-corrected chi connectivity index (χ1v) is 8.48. The minimum absolute atomic E-state index is 0.331. The van der Waals surface area contributed by atoms with Gasteiger partial charge in [0.25, 0.3) is 5.91 Å². The molecule has 0 saturated carbocycles. The van der Waals surface area contributed by atoms with E-state index in [-0.39, 0.29) is 6.61 Å². The number of rotatable bonds is 8. The topological polar surface area (TPSA) is 73.9 Å². The van der Waals surface area contributed by atoms with Gasteiger partial charge in [0, 0.05) is 10.7 Å². The summed E-state index contributed by atoms with van der Waals surface area (Å²) in [4.78, 5) is 24.0. The minimum Gasteiger partial charge on any atom is -0.490 e. The number of nitrogens with one attached hydrogen (secondary N) is 1. The van der Waals surface area contributed by atoms with E-state index in [1.807, 2.05) is 6.92 Å². The molecule has 1 amide bonds. The number of amides is 1. The number of hydrogen-bond acceptors (Lipinski definition) is 5. The molecule has 0 saturated heterocycles. The normalized spacial score (nSPS) is 11.3. The van der Waals surface area contributed by atoms with Crippen LogP contribution < -0.4 is 14.8 Å². The number of carbonyl (C=O) groups excluding carboxylic acids is 2. The molecule has 0 aliphatic heterocycles. The van der Waals surface area contributed by atoms with Gasteiger partial charge in [-0.1, -0.05) is 23.7 Å². The van der Waals surface area contributed by atoms with Gasteiger partial charge in [0.1, 0.15) is 0 Å². The van der Waals surface area contributed by atoms with Gasteiger partial charge < -0.3 is 19.5 Å². The van der Waals surface area contributed by atoms with Crippen molar-refractivity contribution in [3.63, 3.8) is 0 Å². The number of esters is 1. The lowest BCUT2D eigenvalue weighted by molar-refractivity contribution is -0.155. The van der Waals surface area contributed by atoms with Crippen molar-refractivity contribution < 1.29 is 23.8 Å². The molecule has 2 aromatic carbocycles. The Morgan fingerprint density at radius 2 is 1.65 bits per heavy atom. The first-order chi connectivity index (χ1) is 12.5. The van der Waals surface area contributed by atoms with Crippen LogP contribution in [0.5, 0.6) is 11.5 Å². The maximum absolute atomic E-state index is 12.1. The molecule has 0 fully saturated rings. The Hall–Kier alpha value is -2.73. The van der Waals surface area contributed by atoms with Gasteiger partial charge in [-0.05, 0) is 50.2 Å². The van der Waals surface area contributed by atoms with Crippen LogP contribution in [0.2, 0.25) is 5.02 Å². The van der Waals surface area contributed by atoms with Crippen LogP contribution in [0.3, 0.4) is 0 Å². The van der Waals surface area contributed by atoms with Gasteiger partial charge in [-0.15, -0.1) is 0 Å². The lowest BCUT2D eigenvalue weighted by Crippen LogP contribution is -2.31. The van der Waals surface area contributed by atoms with Gasteiger partial charge in [0.15, 0.2) is 24.2 Å². The molecule has 2 aromatic rings. The highest BCUT2D eigenvalue weighted by Gasteiger charge is 2.18. The Labute approximate surface area is 157 Å². The zero-order valence-corrected chi connectivity index (χ0v) is 15.3. The van der Waals surface area contributed by atoms with E-state index < -0.39 is 18.0 Å². The largest absolute Gasteiger partial charge is 0.490 e. The maximum Gasteiger partial charge on any atom is 0.344 e. The van der Waals surface area contributed by atoms with E-state index in [1.54, 1.807) is 48.5 Å². The Balaban J connectivity index is 1.83. The fourth-order valence-corrected chi connectivity index (χ4v) is 2.17. The molecule has 26 heavy (non-hydrogen) atoms. The molecule has 6 nitrogen and oxygen atoms in total. The van der Waals surface area contributed by atoms with Crippen LogP contribution in [0.4, 0.5) is 5.69 Å². The lowest BCUT2D eigenvalue weighted by atomic mass is 10.3. The molecule has 0 aliphatic rings. The fourth-order valence-electron chi connectivity index (χ4n) is 2.04. The SMILES string of the molecule is CCOc1ccccc1OCC(=O)O[C@@H](C)C(=O)Nc1ccc(Cl)cc1. The van der Waals surface area contributed by atoms with E-state index in [1.165, 1.54) is 6.92 Å². The number of benzene rings is 2. The van der Waals surface area contributed by atoms with Gasteiger partial charge in [-0.3, -0.25) is 4.79 Å². The summed E-state index contributed by atoms with van der Waals surface area (Å²) in [6.45, 7) is 3.48. The van der Waals surface area contributed by atoms with Crippen LogP contribution in [0, 0.1) is 0 Å². The van der Waals surface area contributed by atoms with Crippen LogP contribution in [-0.2, 0) is 14.3 Å². The Morgan fingerprint density at radius 3 is 2.27 bits per heavy atom. The number of hydrogen-bond donors (Lipinski definition) is 1. The standard InChI is InChI=1S/C19H20ClNO5/c1-3-24-16-6-4-5-7-17(16)25-12-18(22)26-13(2)19(23)21-15-10-8-14(20)9-11-15/h4-11,13H,3,12H2,1-2H3,(H,21,23)/t13-/m0/s1. The summed E-state index contributed by atoms with van der Waals surface area (Å²) < 4.78 is 15.9. The molecule has 2 rings (SSSR count). The van der Waals surface area contributed by atoms with Crippen molar-refractivity contribution >= 4 is 29.2 Å². The zero-order valence-electron chi connectivity index (χ0n) is 14.5. The first-order valence-electron chi connectivity index (χ1n) is 8.10. The number of para-hydroxylation sites is 2. The molecule has 0 spiro atoms. The van der Waals surface area contributed by atoms with Gasteiger partial charge >= 0.3 is 5.97 Å². The highest BCUT2D eigenvalue weighted by atomic mass is 35.5. The van der Waals surface area contributed by atoms with Gasteiger partial charge in [0.05, 0.1) is 6.61 Å². The molecular weight excluding hydrogens is 358 g/mol. The molecule has 138 valence electrons. The quantitative estimate of drug-likeness (QED) is 0.710. The van der Waals surface area contributed by atoms with E-state index >= 15 is 0 Å². The molecule has 0 aromatic heterocycles. The van der Waals surface area contributed by atoms with Crippen molar-refractivity contribution in [1.82, 2.24) is 0 Å². The molecule has 1 atom stereocenters. The Bertz CT molecular complexity index is 748. The smallest absolute Gasteiger partial charge is 0.344 e. The van der Waals surface area contributed by atoms with Crippen LogP contribution in [0.1, 0.15) is 13.8 Å². The lowest BCUT2D eigenvalue weighted by Gasteiger charge is -2.15. The zero-order chi connectivity index (χ0) is 18.9. The van der Waals surface area contributed by atoms with E-state index in [4.69, 9.17) is 25.8 Å². The molecule has 7 heteroatoms. The Kier molecular flexibility index (Phi) is 7.29. The van der Waals surface area contributed by atoms with Crippen molar-refractivity contribution in [3.05, 3.63) is 53.6 Å². The monoisotopic (exact) mass is 377 g/mol. The van der Waals surface area contributed by atoms with E-state index in [9.17, 15) is 9.59 Å². The average molecular weight is 378 g/mol. The van der Waals surface area contributed by atoms with E-state index in [2.05, 4.69) is 5.32 Å². The number of anilines is 1. The molecule has 0 radical (unpaired) electrons. The third kappa shape index (κ3) is 5.97. The number of carbonyl (C=O) groups is 2. The molecule has 0 heterocycles. The highest BCUT2D eigenvalue weighted by molar-refractivity contribution is 6.30. The van der Waals surface area contributed by atoms with E-state index in [0.717, 1.165) is 0 Å². The van der Waals surface area contributed by atoms with Gasteiger partial charge in [-0.2, -0.15) is 0 Å². The maximum atomic E-state index is 12.1. The van der Waals surface area contributed by atoms with Crippen LogP contribution in [-0.4, -0.2) is 31.2 Å². The van der Waals surface area contributed by atoms with Crippen LogP contribution >= 0.6 is 11.6 Å². The van der Waals surface area contributed by atoms with Crippen molar-refractivity contribution in [2.45, 2.75) is 20.0 Å². The van der Waals surface area contributed by atoms with Crippen LogP contribution in [0.25, 0.3) is 0 Å². The second-order valence-electron chi connectivity index (χ2n) is 5.30. The van der Waals surface area contributed by atoms with Crippen molar-refractivity contribution in [2.24, 2.45) is 0 Å². The van der Waals surface area contributed by atoms with Crippen molar-refractivity contribution in [2.75, 3.05) is 18.5 Å². The second-order valence-corrected chi connectivity index (χ2v) is 5.73. The summed E-state index contributed by atoms with van der Waals surface area (Å²) in [7, 11) is 0. The average Bonchev–Trinajstić information content (AvgIpc) is 2.63. The first kappa shape index (κ1) is 19.6. The van der Waals surface area contributed by atoms with Gasteiger partial charge in [-0.25, -0.2) is 4.79 Å². The third-order valence-electron chi connectivity index (χ3n) is 3.28. The predicted molar refractivity (Wildman–Crippen MR) is 98.7 cm³/mol. The minimum atomic E-state index is -0.969. The van der Waals surface area contributed by atoms with Crippen molar-refractivity contribution in [1.29, 1.82) is 0 Å². The summed E-state index contributed by atoms with van der Waals surface area (Å²) in [6, 6.07) is 13.6. The Morgan fingerprint density at radius 1 is 1.04 bits per heavy atom. The molecule has 0 aliphatic carbocycles.